The smallest absolute Gasteiger partial charge is 0.256 e. The van der Waals surface area contributed by atoms with Crippen LogP contribution in [-0.4, -0.2) is 30.4 Å². The summed E-state index contributed by atoms with van der Waals surface area (Å²) in [5, 5.41) is 0. The Hall–Kier alpha value is -1.49. The zero-order valence-electron chi connectivity index (χ0n) is 10.9. The van der Waals surface area contributed by atoms with E-state index in [-0.39, 0.29) is 17.5 Å². The van der Waals surface area contributed by atoms with Crippen molar-refractivity contribution >= 4 is 5.91 Å². The predicted octanol–water partition coefficient (Wildman–Crippen LogP) is 2.16. The largest absolute Gasteiger partial charge is 0.338 e. The van der Waals surface area contributed by atoms with E-state index in [1.165, 1.54) is 6.07 Å². The highest BCUT2D eigenvalue weighted by Crippen LogP contribution is 2.29. The molecule has 1 saturated carbocycles. The second-order valence-corrected chi connectivity index (χ2v) is 5.03. The molecule has 0 spiro atoms. The standard InChI is InChI=1S/C14H18F2N2O/c1-18(13-4-2-3-9(13)8-17)14(19)11-6-5-10(15)7-12(11)16/h5-7,9,13H,2-4,8,17H2,1H3. The molecule has 0 aliphatic heterocycles. The normalized spacial score (nSPS) is 22.5. The van der Waals surface area contributed by atoms with Crippen molar-refractivity contribution in [2.24, 2.45) is 11.7 Å². The van der Waals surface area contributed by atoms with Gasteiger partial charge in [0.2, 0.25) is 0 Å². The molecule has 1 aromatic rings. The number of hydrogen-bond acceptors (Lipinski definition) is 2. The van der Waals surface area contributed by atoms with Crippen LogP contribution in [0.25, 0.3) is 0 Å². The van der Waals surface area contributed by atoms with Gasteiger partial charge >= 0.3 is 0 Å². The second kappa shape index (κ2) is 5.65. The Kier molecular flexibility index (Phi) is 4.14. The Morgan fingerprint density at radius 3 is 2.79 bits per heavy atom. The third-order valence-corrected chi connectivity index (χ3v) is 3.90. The van der Waals surface area contributed by atoms with Gasteiger partial charge in [-0.2, -0.15) is 0 Å². The quantitative estimate of drug-likeness (QED) is 0.913. The average Bonchev–Trinajstić information content (AvgIpc) is 2.85. The summed E-state index contributed by atoms with van der Waals surface area (Å²) in [5.41, 5.74) is 5.60. The number of nitrogens with zero attached hydrogens (tertiary/aromatic N) is 1. The lowest BCUT2D eigenvalue weighted by Crippen LogP contribution is -2.41. The molecule has 0 aromatic heterocycles. The summed E-state index contributed by atoms with van der Waals surface area (Å²) in [6.45, 7) is 0.522. The maximum absolute atomic E-state index is 13.6. The lowest BCUT2D eigenvalue weighted by atomic mass is 10.0. The molecule has 2 N–H and O–H groups in total. The molecule has 0 radical (unpaired) electrons. The van der Waals surface area contributed by atoms with Crippen LogP contribution in [0.4, 0.5) is 8.78 Å². The monoisotopic (exact) mass is 268 g/mol. The fraction of sp³-hybridized carbons (Fsp3) is 0.500. The van der Waals surface area contributed by atoms with E-state index in [1.54, 1.807) is 11.9 Å². The van der Waals surface area contributed by atoms with E-state index in [9.17, 15) is 13.6 Å². The van der Waals surface area contributed by atoms with Gasteiger partial charge < -0.3 is 10.6 Å². The van der Waals surface area contributed by atoms with Crippen LogP contribution in [0.3, 0.4) is 0 Å². The highest BCUT2D eigenvalue weighted by Gasteiger charge is 2.32. The molecule has 2 unspecified atom stereocenters. The van der Waals surface area contributed by atoms with E-state index in [1.807, 2.05) is 0 Å². The first-order valence-corrected chi connectivity index (χ1v) is 6.47. The summed E-state index contributed by atoms with van der Waals surface area (Å²) in [6.07, 6.45) is 2.90. The summed E-state index contributed by atoms with van der Waals surface area (Å²) < 4.78 is 26.5. The van der Waals surface area contributed by atoms with Crippen LogP contribution in [-0.2, 0) is 0 Å². The number of halogens is 2. The van der Waals surface area contributed by atoms with Crippen LogP contribution >= 0.6 is 0 Å². The van der Waals surface area contributed by atoms with Gasteiger partial charge in [0.1, 0.15) is 11.6 Å². The first kappa shape index (κ1) is 13.9. The number of benzene rings is 1. The minimum absolute atomic E-state index is 0.0435. The second-order valence-electron chi connectivity index (χ2n) is 5.03. The molecular weight excluding hydrogens is 250 g/mol. The summed E-state index contributed by atoms with van der Waals surface area (Å²) >= 11 is 0. The van der Waals surface area contributed by atoms with E-state index in [2.05, 4.69) is 0 Å². The summed E-state index contributed by atoms with van der Waals surface area (Å²) in [5.74, 6) is -1.66. The van der Waals surface area contributed by atoms with Crippen LogP contribution in [0.5, 0.6) is 0 Å². The summed E-state index contributed by atoms with van der Waals surface area (Å²) in [6, 6.07) is 3.06. The first-order chi connectivity index (χ1) is 9.04. The van der Waals surface area contributed by atoms with Crippen molar-refractivity contribution in [3.8, 4) is 0 Å². The van der Waals surface area contributed by atoms with Gasteiger partial charge in [-0.1, -0.05) is 6.42 Å². The topological polar surface area (TPSA) is 46.3 Å². The minimum atomic E-state index is -0.820. The number of rotatable bonds is 3. The fourth-order valence-corrected chi connectivity index (χ4v) is 2.81. The van der Waals surface area contributed by atoms with Crippen molar-refractivity contribution in [3.63, 3.8) is 0 Å². The van der Waals surface area contributed by atoms with E-state index in [0.29, 0.717) is 6.54 Å². The first-order valence-electron chi connectivity index (χ1n) is 6.47. The zero-order valence-corrected chi connectivity index (χ0v) is 10.9. The van der Waals surface area contributed by atoms with Crippen molar-refractivity contribution in [1.82, 2.24) is 4.90 Å². The van der Waals surface area contributed by atoms with E-state index in [0.717, 1.165) is 31.4 Å². The average molecular weight is 268 g/mol. The van der Waals surface area contributed by atoms with E-state index in [4.69, 9.17) is 5.73 Å². The molecule has 0 heterocycles. The number of carbonyl (C=O) groups is 1. The van der Waals surface area contributed by atoms with Gasteiger partial charge in [0.25, 0.3) is 5.91 Å². The maximum Gasteiger partial charge on any atom is 0.256 e. The van der Waals surface area contributed by atoms with Crippen molar-refractivity contribution < 1.29 is 13.6 Å². The molecule has 1 aliphatic carbocycles. The van der Waals surface area contributed by atoms with Crippen molar-refractivity contribution in [2.75, 3.05) is 13.6 Å². The molecule has 3 nitrogen and oxygen atoms in total. The highest BCUT2D eigenvalue weighted by molar-refractivity contribution is 5.94. The maximum atomic E-state index is 13.6. The van der Waals surface area contributed by atoms with Crippen LogP contribution in [0, 0.1) is 17.6 Å². The molecule has 19 heavy (non-hydrogen) atoms. The van der Waals surface area contributed by atoms with Crippen LogP contribution in [0.2, 0.25) is 0 Å². The van der Waals surface area contributed by atoms with Gasteiger partial charge in [-0.15, -0.1) is 0 Å². The molecule has 1 amide bonds. The van der Waals surface area contributed by atoms with Crippen molar-refractivity contribution in [3.05, 3.63) is 35.4 Å². The summed E-state index contributed by atoms with van der Waals surface area (Å²) in [7, 11) is 1.66. The van der Waals surface area contributed by atoms with Crippen molar-refractivity contribution in [2.45, 2.75) is 25.3 Å². The highest BCUT2D eigenvalue weighted by atomic mass is 19.1. The SMILES string of the molecule is CN(C(=O)c1ccc(F)cc1F)C1CCCC1CN. The van der Waals surface area contributed by atoms with Gasteiger partial charge in [0.05, 0.1) is 5.56 Å². The Bertz CT molecular complexity index is 479. The lowest BCUT2D eigenvalue weighted by Gasteiger charge is -2.29. The lowest BCUT2D eigenvalue weighted by molar-refractivity contribution is 0.0695. The van der Waals surface area contributed by atoms with Gasteiger partial charge in [0.15, 0.2) is 0 Å². The molecule has 1 fully saturated rings. The number of amides is 1. The fourth-order valence-electron chi connectivity index (χ4n) is 2.81. The van der Waals surface area contributed by atoms with Crippen LogP contribution in [0.15, 0.2) is 18.2 Å². The van der Waals surface area contributed by atoms with Crippen LogP contribution < -0.4 is 5.73 Å². The third kappa shape index (κ3) is 2.76. The Morgan fingerprint density at radius 2 is 2.16 bits per heavy atom. The van der Waals surface area contributed by atoms with Gasteiger partial charge in [-0.25, -0.2) is 8.78 Å². The molecule has 2 atom stereocenters. The molecular formula is C14H18F2N2O. The summed E-state index contributed by atoms with van der Waals surface area (Å²) in [4.78, 5) is 13.8. The van der Waals surface area contributed by atoms with E-state index < -0.39 is 17.5 Å². The Labute approximate surface area is 111 Å². The minimum Gasteiger partial charge on any atom is -0.338 e. The van der Waals surface area contributed by atoms with E-state index >= 15 is 0 Å². The number of hydrogen-bond donors (Lipinski definition) is 1. The Morgan fingerprint density at radius 1 is 1.42 bits per heavy atom. The molecule has 5 heteroatoms. The number of carbonyl (C=O) groups excluding carboxylic acids is 1. The molecule has 104 valence electrons. The number of nitrogens with two attached hydrogens (primary N) is 1. The molecule has 1 aromatic carbocycles. The molecule has 1 aliphatic rings. The van der Waals surface area contributed by atoms with Gasteiger partial charge in [-0.3, -0.25) is 4.79 Å². The molecule has 2 rings (SSSR count). The van der Waals surface area contributed by atoms with Crippen LogP contribution in [0.1, 0.15) is 29.6 Å². The Balaban J connectivity index is 2.19. The molecule has 0 bridgehead atoms. The van der Waals surface area contributed by atoms with Gasteiger partial charge in [-0.05, 0) is 37.4 Å². The third-order valence-electron chi connectivity index (χ3n) is 3.90. The zero-order chi connectivity index (χ0) is 14.0. The van der Waals surface area contributed by atoms with Crippen molar-refractivity contribution in [1.29, 1.82) is 0 Å². The molecule has 0 saturated heterocycles. The predicted molar refractivity (Wildman–Crippen MR) is 68.6 cm³/mol. The van der Waals surface area contributed by atoms with Gasteiger partial charge in [0, 0.05) is 19.2 Å².